The molecule has 1 aromatic carbocycles. The van der Waals surface area contributed by atoms with Crippen molar-refractivity contribution in [2.24, 2.45) is 0 Å². The number of aryl methyl sites for hydroxylation is 2. The fraction of sp³-hybridized carbons (Fsp3) is 0.458. The summed E-state index contributed by atoms with van der Waals surface area (Å²) in [6.45, 7) is 5.53. The van der Waals surface area contributed by atoms with Crippen LogP contribution in [0.1, 0.15) is 52.3 Å². The van der Waals surface area contributed by atoms with E-state index >= 15 is 0 Å². The van der Waals surface area contributed by atoms with Gasteiger partial charge in [0.1, 0.15) is 10.7 Å². The van der Waals surface area contributed by atoms with E-state index in [0.717, 1.165) is 67.2 Å². The highest BCUT2D eigenvalue weighted by molar-refractivity contribution is 7.20. The first-order chi connectivity index (χ1) is 15.5. The minimum Gasteiger partial charge on any atom is -0.325 e. The lowest BCUT2D eigenvalue weighted by Gasteiger charge is -2.35. The average Bonchev–Trinajstić information content (AvgIpc) is 2.96. The molecule has 3 aromatic rings. The smallest absolute Gasteiger partial charge is 0.265 e. The molecule has 8 heteroatoms. The molecule has 1 saturated heterocycles. The first-order valence-electron chi connectivity index (χ1n) is 11.3. The number of fused-ring (bicyclic) bond motifs is 2. The van der Waals surface area contributed by atoms with Crippen molar-refractivity contribution in [2.75, 3.05) is 19.8 Å². The summed E-state index contributed by atoms with van der Waals surface area (Å²) in [5.74, 6) is 0.859. The Bertz CT molecular complexity index is 1230. The van der Waals surface area contributed by atoms with Crippen LogP contribution in [0.5, 0.6) is 0 Å². The maximum absolute atomic E-state index is 13.5. The zero-order chi connectivity index (χ0) is 22.2. The van der Waals surface area contributed by atoms with E-state index in [2.05, 4.69) is 4.90 Å². The molecule has 0 N–H and O–H groups in total. The zero-order valence-electron chi connectivity index (χ0n) is 18.3. The van der Waals surface area contributed by atoms with E-state index in [1.54, 1.807) is 0 Å². The number of carbonyl (C=O) groups excluding carboxylic acids is 1. The van der Waals surface area contributed by atoms with Crippen LogP contribution in [0.25, 0.3) is 10.2 Å². The lowest BCUT2D eigenvalue weighted by atomic mass is 10.1. The highest BCUT2D eigenvalue weighted by Gasteiger charge is 2.28. The fourth-order valence-corrected chi connectivity index (χ4v) is 6.14. The quantitative estimate of drug-likeness (QED) is 0.567. The number of carbonyl (C=O) groups is 1. The Balaban J connectivity index is 1.42. The third-order valence-corrected chi connectivity index (χ3v) is 8.06. The van der Waals surface area contributed by atoms with Crippen LogP contribution < -0.4 is 5.56 Å². The molecule has 32 heavy (non-hydrogen) atoms. The molecule has 0 atom stereocenters. The molecule has 168 valence electrons. The number of amides is 1. The minimum atomic E-state index is -0.00560. The lowest BCUT2D eigenvalue weighted by molar-refractivity contribution is 0.0484. The van der Waals surface area contributed by atoms with Crippen LogP contribution in [0.3, 0.4) is 0 Å². The molecule has 1 fully saturated rings. The van der Waals surface area contributed by atoms with Gasteiger partial charge in [0.2, 0.25) is 0 Å². The Morgan fingerprint density at radius 3 is 2.81 bits per heavy atom. The maximum Gasteiger partial charge on any atom is 0.265 e. The van der Waals surface area contributed by atoms with Crippen molar-refractivity contribution >= 4 is 39.1 Å². The Morgan fingerprint density at radius 2 is 1.97 bits per heavy atom. The molecule has 0 saturated carbocycles. The molecule has 4 heterocycles. The fourth-order valence-electron chi connectivity index (χ4n) is 4.79. The SMILES string of the molecule is Cc1c(C(=O)N2CCCN(Cc3ccccc3Cl)C2)sc2nc3n(c(=O)c12)CCCCC3. The van der Waals surface area contributed by atoms with Crippen molar-refractivity contribution in [3.05, 3.63) is 61.5 Å². The van der Waals surface area contributed by atoms with Crippen LogP contribution in [0.4, 0.5) is 0 Å². The van der Waals surface area contributed by atoms with Gasteiger partial charge in [0, 0.05) is 37.6 Å². The molecule has 5 rings (SSSR count). The molecular weight excluding hydrogens is 444 g/mol. The molecule has 2 aliphatic rings. The van der Waals surface area contributed by atoms with Crippen LogP contribution in [0.2, 0.25) is 5.02 Å². The standard InChI is InChI=1S/C24H27ClN4O2S/c1-16-20-22(26-19-10-3-2-6-13-29(19)23(20)30)32-21(16)24(31)28-12-7-11-27(15-28)14-17-8-4-5-9-18(17)25/h4-5,8-9H,2-3,6-7,10-15H2,1H3. The normalized spacial score (nSPS) is 17.4. The number of halogens is 1. The molecule has 0 spiro atoms. The number of nitrogens with zero attached hydrogens (tertiary/aromatic N) is 4. The van der Waals surface area contributed by atoms with Crippen LogP contribution in [-0.2, 0) is 19.5 Å². The Kier molecular flexibility index (Phi) is 6.05. The number of hydrogen-bond acceptors (Lipinski definition) is 5. The summed E-state index contributed by atoms with van der Waals surface area (Å²) in [5.41, 5.74) is 1.86. The Morgan fingerprint density at radius 1 is 1.12 bits per heavy atom. The van der Waals surface area contributed by atoms with E-state index in [9.17, 15) is 9.59 Å². The van der Waals surface area contributed by atoms with Gasteiger partial charge in [0.15, 0.2) is 0 Å². The first kappa shape index (κ1) is 21.6. The van der Waals surface area contributed by atoms with Crippen molar-refractivity contribution in [1.29, 1.82) is 0 Å². The number of benzene rings is 1. The van der Waals surface area contributed by atoms with E-state index < -0.39 is 0 Å². The summed E-state index contributed by atoms with van der Waals surface area (Å²) in [5, 5.41) is 1.37. The van der Waals surface area contributed by atoms with Gasteiger partial charge < -0.3 is 4.90 Å². The second-order valence-electron chi connectivity index (χ2n) is 8.74. The number of aromatic nitrogens is 2. The number of thiophene rings is 1. The van der Waals surface area contributed by atoms with E-state index in [0.29, 0.717) is 34.9 Å². The van der Waals surface area contributed by atoms with Crippen molar-refractivity contribution in [3.8, 4) is 0 Å². The minimum absolute atomic E-state index is 0.00560. The molecule has 0 radical (unpaired) electrons. The second-order valence-corrected chi connectivity index (χ2v) is 10.1. The van der Waals surface area contributed by atoms with E-state index in [-0.39, 0.29) is 11.5 Å². The number of hydrogen-bond donors (Lipinski definition) is 0. The monoisotopic (exact) mass is 470 g/mol. The van der Waals surface area contributed by atoms with Gasteiger partial charge in [-0.3, -0.25) is 19.1 Å². The van der Waals surface area contributed by atoms with Crippen LogP contribution in [0, 0.1) is 6.92 Å². The summed E-state index contributed by atoms with van der Waals surface area (Å²) in [6, 6.07) is 7.85. The molecular formula is C24H27ClN4O2S. The molecule has 6 nitrogen and oxygen atoms in total. The maximum atomic E-state index is 13.5. The van der Waals surface area contributed by atoms with Gasteiger partial charge in [-0.1, -0.05) is 36.2 Å². The Hall–Kier alpha value is -2.22. The third kappa shape index (κ3) is 3.98. The highest BCUT2D eigenvalue weighted by atomic mass is 35.5. The van der Waals surface area contributed by atoms with Gasteiger partial charge in [0.25, 0.3) is 11.5 Å². The molecule has 0 unspecified atom stereocenters. The second kappa shape index (κ2) is 8.96. The lowest BCUT2D eigenvalue weighted by Crippen LogP contribution is -2.47. The molecule has 1 amide bonds. The summed E-state index contributed by atoms with van der Waals surface area (Å²) in [7, 11) is 0. The highest BCUT2D eigenvalue weighted by Crippen LogP contribution is 2.30. The predicted molar refractivity (Wildman–Crippen MR) is 129 cm³/mol. The molecule has 0 aliphatic carbocycles. The van der Waals surface area contributed by atoms with E-state index in [1.165, 1.54) is 11.3 Å². The summed E-state index contributed by atoms with van der Waals surface area (Å²) < 4.78 is 1.83. The van der Waals surface area contributed by atoms with Gasteiger partial charge in [-0.05, 0) is 43.4 Å². The summed E-state index contributed by atoms with van der Waals surface area (Å²) >= 11 is 7.71. The number of rotatable bonds is 3. The third-order valence-electron chi connectivity index (χ3n) is 6.52. The predicted octanol–water partition coefficient (Wildman–Crippen LogP) is 4.45. The molecule has 2 aromatic heterocycles. The largest absolute Gasteiger partial charge is 0.325 e. The van der Waals surface area contributed by atoms with Crippen LogP contribution in [0.15, 0.2) is 29.1 Å². The van der Waals surface area contributed by atoms with E-state index in [1.807, 2.05) is 40.7 Å². The van der Waals surface area contributed by atoms with Gasteiger partial charge in [-0.15, -0.1) is 11.3 Å². The van der Waals surface area contributed by atoms with E-state index in [4.69, 9.17) is 16.6 Å². The van der Waals surface area contributed by atoms with Gasteiger partial charge >= 0.3 is 0 Å². The first-order valence-corrected chi connectivity index (χ1v) is 12.5. The van der Waals surface area contributed by atoms with Gasteiger partial charge in [-0.2, -0.15) is 0 Å². The summed E-state index contributed by atoms with van der Waals surface area (Å²) in [6.07, 6.45) is 4.93. The Labute approximate surface area is 196 Å². The molecule has 2 aliphatic heterocycles. The van der Waals surface area contributed by atoms with Gasteiger partial charge in [-0.25, -0.2) is 4.98 Å². The van der Waals surface area contributed by atoms with Gasteiger partial charge in [0.05, 0.1) is 16.9 Å². The van der Waals surface area contributed by atoms with Crippen molar-refractivity contribution in [3.63, 3.8) is 0 Å². The average molecular weight is 471 g/mol. The van der Waals surface area contributed by atoms with Crippen molar-refractivity contribution in [1.82, 2.24) is 19.4 Å². The topological polar surface area (TPSA) is 58.4 Å². The van der Waals surface area contributed by atoms with Crippen molar-refractivity contribution < 1.29 is 4.79 Å². The zero-order valence-corrected chi connectivity index (χ0v) is 19.8. The van der Waals surface area contributed by atoms with Crippen LogP contribution in [-0.4, -0.2) is 45.0 Å². The molecule has 0 bridgehead atoms. The summed E-state index contributed by atoms with van der Waals surface area (Å²) in [4.78, 5) is 37.0. The van der Waals surface area contributed by atoms with Crippen LogP contribution >= 0.6 is 22.9 Å². The van der Waals surface area contributed by atoms with Crippen molar-refractivity contribution in [2.45, 2.75) is 52.1 Å².